The van der Waals surface area contributed by atoms with Crippen LogP contribution in [0.4, 0.5) is 0 Å². The highest BCUT2D eigenvalue weighted by Crippen LogP contribution is 2.27. The molecular weight excluding hydrogens is 328 g/mol. The van der Waals surface area contributed by atoms with Gasteiger partial charge in [-0.3, -0.25) is 0 Å². The van der Waals surface area contributed by atoms with E-state index in [0.717, 1.165) is 22.8 Å². The average molecular weight is 357 g/mol. The van der Waals surface area contributed by atoms with Crippen molar-refractivity contribution in [3.8, 4) is 11.5 Å². The van der Waals surface area contributed by atoms with Crippen LogP contribution in [0.2, 0.25) is 0 Å². The van der Waals surface area contributed by atoms with Crippen molar-refractivity contribution in [2.24, 2.45) is 0 Å². The van der Waals surface area contributed by atoms with Crippen molar-refractivity contribution < 1.29 is 9.47 Å². The lowest BCUT2D eigenvalue weighted by atomic mass is 10.0. The van der Waals surface area contributed by atoms with E-state index >= 15 is 0 Å². The SMILES string of the molecule is C=C(COc1ccc(C(C)C)cc1)CSc1ccc(OCC)c(C)c1. The van der Waals surface area contributed by atoms with Gasteiger partial charge in [-0.15, -0.1) is 11.8 Å². The average Bonchev–Trinajstić information content (AvgIpc) is 2.60. The molecule has 0 unspecified atom stereocenters. The van der Waals surface area contributed by atoms with Crippen molar-refractivity contribution in [3.63, 3.8) is 0 Å². The fourth-order valence-electron chi connectivity index (χ4n) is 2.39. The van der Waals surface area contributed by atoms with Crippen LogP contribution in [0.3, 0.4) is 0 Å². The van der Waals surface area contributed by atoms with E-state index < -0.39 is 0 Å². The molecule has 0 radical (unpaired) electrons. The molecule has 3 heteroatoms. The fourth-order valence-corrected chi connectivity index (χ4v) is 3.27. The second kappa shape index (κ2) is 9.57. The molecule has 134 valence electrons. The van der Waals surface area contributed by atoms with Crippen LogP contribution in [0.15, 0.2) is 59.5 Å². The predicted octanol–water partition coefficient (Wildman–Crippen LogP) is 6.24. The largest absolute Gasteiger partial charge is 0.494 e. The summed E-state index contributed by atoms with van der Waals surface area (Å²) in [5, 5.41) is 0. The van der Waals surface area contributed by atoms with E-state index in [1.807, 2.05) is 25.1 Å². The van der Waals surface area contributed by atoms with Crippen molar-refractivity contribution in [2.75, 3.05) is 19.0 Å². The van der Waals surface area contributed by atoms with Crippen LogP contribution < -0.4 is 9.47 Å². The quantitative estimate of drug-likeness (QED) is 0.391. The molecule has 2 aromatic rings. The zero-order chi connectivity index (χ0) is 18.2. The van der Waals surface area contributed by atoms with Gasteiger partial charge in [-0.1, -0.05) is 32.6 Å². The van der Waals surface area contributed by atoms with Gasteiger partial charge in [0, 0.05) is 10.6 Å². The normalized spacial score (nSPS) is 10.8. The highest BCUT2D eigenvalue weighted by atomic mass is 32.2. The van der Waals surface area contributed by atoms with Gasteiger partial charge in [0.25, 0.3) is 0 Å². The molecule has 0 atom stereocenters. The molecule has 25 heavy (non-hydrogen) atoms. The minimum absolute atomic E-state index is 0.540. The van der Waals surface area contributed by atoms with Crippen molar-refractivity contribution in [3.05, 3.63) is 65.7 Å². The summed E-state index contributed by atoms with van der Waals surface area (Å²) in [4.78, 5) is 1.23. The van der Waals surface area contributed by atoms with Crippen molar-refractivity contribution >= 4 is 11.8 Å². The summed E-state index contributed by atoms with van der Waals surface area (Å²) >= 11 is 1.78. The molecule has 0 aliphatic heterocycles. The summed E-state index contributed by atoms with van der Waals surface area (Å²) in [5.74, 6) is 3.24. The highest BCUT2D eigenvalue weighted by Gasteiger charge is 2.04. The van der Waals surface area contributed by atoms with E-state index in [2.05, 4.69) is 51.6 Å². The maximum absolute atomic E-state index is 5.83. The predicted molar refractivity (Wildman–Crippen MR) is 108 cm³/mol. The van der Waals surface area contributed by atoms with Gasteiger partial charge in [0.2, 0.25) is 0 Å². The van der Waals surface area contributed by atoms with Gasteiger partial charge in [-0.05, 0) is 66.8 Å². The molecule has 0 amide bonds. The first-order valence-electron chi connectivity index (χ1n) is 8.75. The lowest BCUT2D eigenvalue weighted by Crippen LogP contribution is -2.02. The van der Waals surface area contributed by atoms with E-state index in [0.29, 0.717) is 19.1 Å². The molecule has 2 nitrogen and oxygen atoms in total. The third kappa shape index (κ3) is 6.17. The number of benzene rings is 2. The van der Waals surface area contributed by atoms with Crippen LogP contribution in [0.25, 0.3) is 0 Å². The molecule has 0 saturated carbocycles. The van der Waals surface area contributed by atoms with E-state index in [1.165, 1.54) is 16.0 Å². The number of aryl methyl sites for hydroxylation is 1. The number of rotatable bonds is 9. The molecule has 0 fully saturated rings. The number of thioether (sulfide) groups is 1. The molecule has 0 aromatic heterocycles. The van der Waals surface area contributed by atoms with Crippen molar-refractivity contribution in [1.82, 2.24) is 0 Å². The molecule has 0 bridgehead atoms. The third-order valence-corrected chi connectivity index (χ3v) is 5.02. The third-order valence-electron chi connectivity index (χ3n) is 3.88. The Morgan fingerprint density at radius 3 is 2.40 bits per heavy atom. The second-order valence-corrected chi connectivity index (χ2v) is 7.46. The number of ether oxygens (including phenoxy) is 2. The first kappa shape index (κ1) is 19.5. The van der Waals surface area contributed by atoms with E-state index in [1.54, 1.807) is 11.8 Å². The number of hydrogen-bond donors (Lipinski definition) is 0. The molecule has 0 aliphatic carbocycles. The Bertz CT molecular complexity index is 690. The van der Waals surface area contributed by atoms with Gasteiger partial charge >= 0.3 is 0 Å². The van der Waals surface area contributed by atoms with Crippen molar-refractivity contribution in [1.29, 1.82) is 0 Å². The van der Waals surface area contributed by atoms with Crippen LogP contribution in [0, 0.1) is 6.92 Å². The Balaban J connectivity index is 1.79. The highest BCUT2D eigenvalue weighted by molar-refractivity contribution is 7.99. The summed E-state index contributed by atoms with van der Waals surface area (Å²) in [7, 11) is 0. The molecule has 0 aliphatic rings. The van der Waals surface area contributed by atoms with Crippen LogP contribution in [0.1, 0.15) is 37.8 Å². The summed E-state index contributed by atoms with van der Waals surface area (Å²) in [5.41, 5.74) is 3.57. The Labute approximate surface area is 156 Å². The van der Waals surface area contributed by atoms with E-state index in [-0.39, 0.29) is 0 Å². The standard InChI is InChI=1S/C22H28O2S/c1-6-23-22-12-11-21(13-18(22)5)25-15-17(4)14-24-20-9-7-19(8-10-20)16(2)3/h7-13,16H,4,6,14-15H2,1-3,5H3. The molecule has 0 saturated heterocycles. The summed E-state index contributed by atoms with van der Waals surface area (Å²) < 4.78 is 11.4. The Hall–Kier alpha value is -1.87. The lowest BCUT2D eigenvalue weighted by molar-refractivity contribution is 0.337. The Kier molecular flexibility index (Phi) is 7.45. The maximum Gasteiger partial charge on any atom is 0.122 e. The smallest absolute Gasteiger partial charge is 0.122 e. The number of hydrogen-bond acceptors (Lipinski definition) is 3. The van der Waals surface area contributed by atoms with Crippen LogP contribution in [0.5, 0.6) is 11.5 Å². The first-order chi connectivity index (χ1) is 12.0. The Morgan fingerprint density at radius 1 is 1.08 bits per heavy atom. The van der Waals surface area contributed by atoms with E-state index in [4.69, 9.17) is 9.47 Å². The molecule has 0 N–H and O–H groups in total. The van der Waals surface area contributed by atoms with Crippen LogP contribution in [-0.4, -0.2) is 19.0 Å². The Morgan fingerprint density at radius 2 is 1.80 bits per heavy atom. The first-order valence-corrected chi connectivity index (χ1v) is 9.73. The minimum atomic E-state index is 0.540. The molecule has 2 aromatic carbocycles. The topological polar surface area (TPSA) is 18.5 Å². The minimum Gasteiger partial charge on any atom is -0.494 e. The molecule has 0 heterocycles. The van der Waals surface area contributed by atoms with Gasteiger partial charge in [0.1, 0.15) is 18.1 Å². The molecule has 0 spiro atoms. The fraction of sp³-hybridized carbons (Fsp3) is 0.364. The van der Waals surface area contributed by atoms with Gasteiger partial charge in [0.15, 0.2) is 0 Å². The van der Waals surface area contributed by atoms with Crippen molar-refractivity contribution in [2.45, 2.75) is 38.5 Å². The van der Waals surface area contributed by atoms with Gasteiger partial charge in [-0.2, -0.15) is 0 Å². The maximum atomic E-state index is 5.83. The van der Waals surface area contributed by atoms with Crippen LogP contribution in [-0.2, 0) is 0 Å². The van der Waals surface area contributed by atoms with Crippen LogP contribution >= 0.6 is 11.8 Å². The van der Waals surface area contributed by atoms with Gasteiger partial charge < -0.3 is 9.47 Å². The van der Waals surface area contributed by atoms with E-state index in [9.17, 15) is 0 Å². The zero-order valence-corrected chi connectivity index (χ0v) is 16.5. The lowest BCUT2D eigenvalue weighted by Gasteiger charge is -2.11. The monoisotopic (exact) mass is 356 g/mol. The summed E-state index contributed by atoms with van der Waals surface area (Å²) in [6, 6.07) is 14.6. The van der Waals surface area contributed by atoms with Gasteiger partial charge in [-0.25, -0.2) is 0 Å². The second-order valence-electron chi connectivity index (χ2n) is 6.41. The molecule has 2 rings (SSSR count). The van der Waals surface area contributed by atoms with Gasteiger partial charge in [0.05, 0.1) is 6.61 Å². The zero-order valence-electron chi connectivity index (χ0n) is 15.7. The summed E-state index contributed by atoms with van der Waals surface area (Å²) in [6.45, 7) is 13.8. The molecular formula is C22H28O2S. The summed E-state index contributed by atoms with van der Waals surface area (Å²) in [6.07, 6.45) is 0.